The van der Waals surface area contributed by atoms with Gasteiger partial charge in [0, 0.05) is 11.2 Å². The molecule has 6 nitrogen and oxygen atoms in total. The van der Waals surface area contributed by atoms with Crippen molar-refractivity contribution in [3.8, 4) is 0 Å². The number of aromatic amines is 1. The summed E-state index contributed by atoms with van der Waals surface area (Å²) in [4.78, 5) is 18.6. The number of piperidine rings is 1. The fourth-order valence-electron chi connectivity index (χ4n) is 4.09. The molecule has 2 aromatic heterocycles. The van der Waals surface area contributed by atoms with E-state index < -0.39 is 0 Å². The number of para-hydroxylation sites is 1. The first-order chi connectivity index (χ1) is 13.8. The van der Waals surface area contributed by atoms with Crippen molar-refractivity contribution >= 4 is 45.3 Å². The highest BCUT2D eigenvalue weighted by molar-refractivity contribution is 7.00. The van der Waals surface area contributed by atoms with Crippen molar-refractivity contribution in [1.82, 2.24) is 18.6 Å². The van der Waals surface area contributed by atoms with Crippen molar-refractivity contribution in [2.24, 2.45) is 0 Å². The predicted molar refractivity (Wildman–Crippen MR) is 113 cm³/mol. The summed E-state index contributed by atoms with van der Waals surface area (Å²) in [6, 6.07) is 16.5. The van der Waals surface area contributed by atoms with Gasteiger partial charge in [0.25, 0.3) is 0 Å². The maximum atomic E-state index is 12.8. The number of nitrogens with zero attached hydrogens (tertiary/aromatic N) is 3. The number of hydrogen-bond acceptors (Lipinski definition) is 5. The van der Waals surface area contributed by atoms with Crippen molar-refractivity contribution in [2.75, 3.05) is 18.4 Å². The van der Waals surface area contributed by atoms with Crippen LogP contribution in [0, 0.1) is 0 Å². The van der Waals surface area contributed by atoms with Crippen LogP contribution in [0.5, 0.6) is 0 Å². The van der Waals surface area contributed by atoms with Gasteiger partial charge in [0.15, 0.2) is 0 Å². The topological polar surface area (TPSA) is 73.9 Å². The average molecular weight is 392 g/mol. The molecule has 0 aliphatic carbocycles. The number of aromatic nitrogens is 3. The van der Waals surface area contributed by atoms with Gasteiger partial charge in [-0.2, -0.15) is 8.75 Å². The minimum absolute atomic E-state index is 0.0106. The second kappa shape index (κ2) is 7.33. The minimum atomic E-state index is -0.0106. The number of carbonyl (C=O) groups excluding carboxylic acids is 1. The van der Waals surface area contributed by atoms with E-state index in [0.717, 1.165) is 53.4 Å². The predicted octanol–water partition coefficient (Wildman–Crippen LogP) is 4.34. The summed E-state index contributed by atoms with van der Waals surface area (Å²) in [6.07, 6.45) is 3.36. The van der Waals surface area contributed by atoms with E-state index in [2.05, 4.69) is 48.2 Å². The number of hydrogen-bond donors (Lipinski definition) is 2. The molecule has 0 bridgehead atoms. The quantitative estimate of drug-likeness (QED) is 0.543. The zero-order chi connectivity index (χ0) is 18.9. The van der Waals surface area contributed by atoms with Crippen LogP contribution in [-0.4, -0.2) is 37.6 Å². The highest BCUT2D eigenvalue weighted by Crippen LogP contribution is 2.32. The molecule has 2 N–H and O–H groups in total. The van der Waals surface area contributed by atoms with Gasteiger partial charge in [-0.15, -0.1) is 0 Å². The Labute approximate surface area is 166 Å². The van der Waals surface area contributed by atoms with Crippen LogP contribution in [0.4, 0.5) is 5.69 Å². The second-order valence-corrected chi connectivity index (χ2v) is 7.81. The first-order valence-corrected chi connectivity index (χ1v) is 10.3. The van der Waals surface area contributed by atoms with Crippen molar-refractivity contribution in [3.05, 3.63) is 54.2 Å². The number of anilines is 1. The number of carbonyl (C=O) groups is 1. The monoisotopic (exact) mass is 391 g/mol. The summed E-state index contributed by atoms with van der Waals surface area (Å²) in [5.74, 6) is -0.0106. The molecule has 0 radical (unpaired) electrons. The molecule has 5 rings (SSSR count). The molecular weight excluding hydrogens is 370 g/mol. The van der Waals surface area contributed by atoms with Gasteiger partial charge in [0.2, 0.25) is 5.91 Å². The number of benzene rings is 2. The van der Waals surface area contributed by atoms with Crippen LogP contribution in [0.2, 0.25) is 0 Å². The number of H-pyrrole nitrogens is 1. The largest absolute Gasteiger partial charge is 0.357 e. The van der Waals surface area contributed by atoms with Gasteiger partial charge in [-0.1, -0.05) is 30.7 Å². The van der Waals surface area contributed by atoms with Gasteiger partial charge in [-0.25, -0.2) is 0 Å². The lowest BCUT2D eigenvalue weighted by molar-refractivity contribution is -0.118. The zero-order valence-corrected chi connectivity index (χ0v) is 16.2. The molecule has 142 valence electrons. The number of nitrogens with one attached hydrogen (secondary N) is 2. The smallest absolute Gasteiger partial charge is 0.238 e. The summed E-state index contributed by atoms with van der Waals surface area (Å²) in [6.45, 7) is 1.30. The highest BCUT2D eigenvalue weighted by Gasteiger charge is 2.27. The van der Waals surface area contributed by atoms with Crippen LogP contribution in [0.15, 0.2) is 48.5 Å². The van der Waals surface area contributed by atoms with Gasteiger partial charge < -0.3 is 10.3 Å². The second-order valence-electron chi connectivity index (χ2n) is 7.28. The summed E-state index contributed by atoms with van der Waals surface area (Å²) >= 11 is 1.16. The number of likely N-dealkylation sites (tertiary alicyclic amines) is 1. The Morgan fingerprint density at radius 1 is 1.18 bits per heavy atom. The van der Waals surface area contributed by atoms with Gasteiger partial charge in [-0.3, -0.25) is 9.69 Å². The van der Waals surface area contributed by atoms with Gasteiger partial charge in [-0.05, 0) is 49.0 Å². The normalized spacial score (nSPS) is 17.9. The molecule has 1 unspecified atom stereocenters. The maximum absolute atomic E-state index is 12.8. The molecule has 0 spiro atoms. The molecule has 1 saturated heterocycles. The van der Waals surface area contributed by atoms with Crippen molar-refractivity contribution in [1.29, 1.82) is 0 Å². The third-order valence-electron chi connectivity index (χ3n) is 5.43. The van der Waals surface area contributed by atoms with E-state index in [4.69, 9.17) is 0 Å². The van der Waals surface area contributed by atoms with Gasteiger partial charge >= 0.3 is 0 Å². The number of fused-ring (bicyclic) bond motifs is 2. The van der Waals surface area contributed by atoms with E-state index in [1.807, 2.05) is 24.3 Å². The maximum Gasteiger partial charge on any atom is 0.238 e. The van der Waals surface area contributed by atoms with E-state index in [-0.39, 0.29) is 11.9 Å². The third-order valence-corrected chi connectivity index (χ3v) is 5.97. The lowest BCUT2D eigenvalue weighted by Crippen LogP contribution is -2.39. The Morgan fingerprint density at radius 2 is 2.11 bits per heavy atom. The van der Waals surface area contributed by atoms with Crippen molar-refractivity contribution < 1.29 is 4.79 Å². The van der Waals surface area contributed by atoms with E-state index in [1.165, 1.54) is 17.5 Å². The molecular formula is C21H21N5OS. The Kier molecular flexibility index (Phi) is 4.54. The Hall–Kier alpha value is -2.77. The number of rotatable bonds is 4. The SMILES string of the molecule is O=C(CN1CCCCC1c1cc2ccccc2[nH]1)Nc1cccc2nsnc12. The van der Waals surface area contributed by atoms with Crippen LogP contribution in [0.3, 0.4) is 0 Å². The van der Waals surface area contributed by atoms with Gasteiger partial charge in [0.1, 0.15) is 11.0 Å². The van der Waals surface area contributed by atoms with E-state index in [1.54, 1.807) is 0 Å². The molecule has 1 aliphatic rings. The van der Waals surface area contributed by atoms with E-state index in [9.17, 15) is 4.79 Å². The molecule has 1 amide bonds. The lowest BCUT2D eigenvalue weighted by atomic mass is 9.99. The molecule has 1 atom stereocenters. The standard InChI is InChI=1S/C21H21N5OS/c27-20(23-16-8-5-9-17-21(16)25-28-24-17)13-26-11-4-3-10-19(26)18-12-14-6-1-2-7-15(14)22-18/h1-2,5-9,12,19,22H,3-4,10-11,13H2,(H,23,27). The Balaban J connectivity index is 1.35. The molecule has 1 aliphatic heterocycles. The highest BCUT2D eigenvalue weighted by atomic mass is 32.1. The summed E-state index contributed by atoms with van der Waals surface area (Å²) in [7, 11) is 0. The molecule has 2 aromatic carbocycles. The molecule has 3 heterocycles. The fraction of sp³-hybridized carbons (Fsp3) is 0.286. The van der Waals surface area contributed by atoms with Crippen LogP contribution in [-0.2, 0) is 4.79 Å². The molecule has 1 fully saturated rings. The van der Waals surface area contributed by atoms with E-state index in [0.29, 0.717) is 6.54 Å². The average Bonchev–Trinajstić information content (AvgIpc) is 3.35. The van der Waals surface area contributed by atoms with Gasteiger partial charge in [0.05, 0.1) is 30.0 Å². The molecule has 0 saturated carbocycles. The number of amides is 1. The Morgan fingerprint density at radius 3 is 3.04 bits per heavy atom. The summed E-state index contributed by atoms with van der Waals surface area (Å²) in [5.41, 5.74) is 4.65. The summed E-state index contributed by atoms with van der Waals surface area (Å²) < 4.78 is 8.54. The van der Waals surface area contributed by atoms with Crippen molar-refractivity contribution in [2.45, 2.75) is 25.3 Å². The molecule has 7 heteroatoms. The van der Waals surface area contributed by atoms with Crippen molar-refractivity contribution in [3.63, 3.8) is 0 Å². The fourth-order valence-corrected chi connectivity index (χ4v) is 4.64. The lowest BCUT2D eigenvalue weighted by Gasteiger charge is -2.34. The first-order valence-electron chi connectivity index (χ1n) is 9.61. The van der Waals surface area contributed by atoms with Crippen LogP contribution in [0.25, 0.3) is 21.9 Å². The third kappa shape index (κ3) is 3.27. The van der Waals surface area contributed by atoms with Crippen LogP contribution >= 0.6 is 11.7 Å². The van der Waals surface area contributed by atoms with Crippen LogP contribution in [0.1, 0.15) is 31.0 Å². The zero-order valence-electron chi connectivity index (χ0n) is 15.4. The first kappa shape index (κ1) is 17.3. The van der Waals surface area contributed by atoms with Crippen LogP contribution < -0.4 is 5.32 Å². The Bertz CT molecular complexity index is 1100. The summed E-state index contributed by atoms with van der Waals surface area (Å²) in [5, 5.41) is 4.25. The molecule has 4 aromatic rings. The molecule has 28 heavy (non-hydrogen) atoms. The minimum Gasteiger partial charge on any atom is -0.357 e. The van der Waals surface area contributed by atoms with E-state index >= 15 is 0 Å².